The van der Waals surface area contributed by atoms with Gasteiger partial charge in [-0.15, -0.1) is 0 Å². The zero-order valence-electron chi connectivity index (χ0n) is 10.8. The summed E-state index contributed by atoms with van der Waals surface area (Å²) in [6, 6.07) is 8.36. The quantitative estimate of drug-likeness (QED) is 0.868. The van der Waals surface area contributed by atoms with Gasteiger partial charge in [-0.2, -0.15) is 0 Å². The molecule has 1 N–H and O–H groups in total. The Balaban J connectivity index is 2.11. The van der Waals surface area contributed by atoms with Crippen LogP contribution in [0.4, 0.5) is 11.4 Å². The molecule has 1 aliphatic heterocycles. The minimum Gasteiger partial charge on any atom is -0.366 e. The van der Waals surface area contributed by atoms with E-state index in [4.69, 9.17) is 0 Å². The first kappa shape index (κ1) is 11.1. The van der Waals surface area contributed by atoms with Gasteiger partial charge in [0.15, 0.2) is 0 Å². The molecule has 3 rings (SSSR count). The first-order chi connectivity index (χ1) is 8.66. The van der Waals surface area contributed by atoms with E-state index in [2.05, 4.69) is 53.8 Å². The molecule has 0 bridgehead atoms. The molecule has 0 aliphatic carbocycles. The highest BCUT2D eigenvalue weighted by Crippen LogP contribution is 2.37. The topological polar surface area (TPSA) is 28.2 Å². The summed E-state index contributed by atoms with van der Waals surface area (Å²) in [7, 11) is 0. The van der Waals surface area contributed by atoms with Crippen molar-refractivity contribution < 1.29 is 0 Å². The van der Waals surface area contributed by atoms with Crippen molar-refractivity contribution in [2.45, 2.75) is 13.8 Å². The molecule has 0 amide bonds. The predicted molar refractivity (Wildman–Crippen MR) is 76.7 cm³/mol. The van der Waals surface area contributed by atoms with Crippen molar-refractivity contribution in [2.75, 3.05) is 16.9 Å². The minimum atomic E-state index is 0.447. The fourth-order valence-electron chi connectivity index (χ4n) is 2.29. The maximum Gasteiger partial charge on any atom is 0.0923 e. The van der Waals surface area contributed by atoms with Gasteiger partial charge in [0.2, 0.25) is 0 Å². The number of benzene rings is 1. The van der Waals surface area contributed by atoms with E-state index >= 15 is 0 Å². The predicted octanol–water partition coefficient (Wildman–Crippen LogP) is 3.59. The van der Waals surface area contributed by atoms with E-state index in [-0.39, 0.29) is 0 Å². The van der Waals surface area contributed by atoms with Gasteiger partial charge in [0.05, 0.1) is 23.6 Å². The Morgan fingerprint density at radius 3 is 3.06 bits per heavy atom. The van der Waals surface area contributed by atoms with E-state index in [0.717, 1.165) is 23.6 Å². The van der Waals surface area contributed by atoms with Crippen LogP contribution >= 0.6 is 0 Å². The fraction of sp³-hybridized carbons (Fsp3) is 0.267. The second-order valence-electron chi connectivity index (χ2n) is 4.97. The van der Waals surface area contributed by atoms with E-state index in [0.29, 0.717) is 5.92 Å². The van der Waals surface area contributed by atoms with Gasteiger partial charge in [-0.05, 0) is 24.1 Å². The van der Waals surface area contributed by atoms with Crippen LogP contribution in [0.3, 0.4) is 0 Å². The molecule has 1 aromatic carbocycles. The van der Waals surface area contributed by atoms with Crippen molar-refractivity contribution >= 4 is 22.3 Å². The maximum absolute atomic E-state index is 4.38. The highest BCUT2D eigenvalue weighted by Gasteiger charge is 2.22. The Morgan fingerprint density at radius 1 is 1.44 bits per heavy atom. The van der Waals surface area contributed by atoms with Crippen LogP contribution in [0.1, 0.15) is 13.8 Å². The second-order valence-corrected chi connectivity index (χ2v) is 4.97. The van der Waals surface area contributed by atoms with Gasteiger partial charge in [-0.1, -0.05) is 26.5 Å². The van der Waals surface area contributed by atoms with Crippen LogP contribution in [0.25, 0.3) is 10.9 Å². The molecule has 0 fully saturated rings. The van der Waals surface area contributed by atoms with E-state index in [1.807, 2.05) is 12.3 Å². The normalized spacial score (nSPS) is 13.8. The number of hydrogen-bond acceptors (Lipinski definition) is 3. The molecule has 0 spiro atoms. The van der Waals surface area contributed by atoms with E-state index < -0.39 is 0 Å². The number of fused-ring (bicyclic) bond motifs is 2. The van der Waals surface area contributed by atoms with Crippen molar-refractivity contribution in [1.82, 2.24) is 4.98 Å². The first-order valence-electron chi connectivity index (χ1n) is 6.26. The third-order valence-corrected chi connectivity index (χ3v) is 3.45. The summed E-state index contributed by atoms with van der Waals surface area (Å²) in [5.41, 5.74) is 4.52. The van der Waals surface area contributed by atoms with Gasteiger partial charge in [0.25, 0.3) is 0 Å². The number of rotatable bonds is 2. The summed E-state index contributed by atoms with van der Waals surface area (Å²) in [5.74, 6) is 0.447. The number of aromatic nitrogens is 1. The first-order valence-corrected chi connectivity index (χ1v) is 6.26. The molecular formula is C15H17N3. The highest BCUT2D eigenvalue weighted by molar-refractivity contribution is 5.92. The fourth-order valence-corrected chi connectivity index (χ4v) is 2.29. The summed E-state index contributed by atoms with van der Waals surface area (Å²) >= 11 is 0. The number of nitrogens with zero attached hydrogens (tertiary/aromatic N) is 2. The van der Waals surface area contributed by atoms with E-state index in [1.165, 1.54) is 11.1 Å². The number of hydrogen-bond donors (Lipinski definition) is 1. The van der Waals surface area contributed by atoms with Crippen LogP contribution in [0.2, 0.25) is 0 Å². The molecule has 92 valence electrons. The van der Waals surface area contributed by atoms with Crippen molar-refractivity contribution in [3.8, 4) is 0 Å². The minimum absolute atomic E-state index is 0.447. The maximum atomic E-state index is 4.38. The average molecular weight is 239 g/mol. The molecule has 2 aromatic rings. The van der Waals surface area contributed by atoms with Crippen LogP contribution in [0, 0.1) is 5.92 Å². The Morgan fingerprint density at radius 2 is 2.28 bits per heavy atom. The van der Waals surface area contributed by atoms with Crippen molar-refractivity contribution in [3.05, 3.63) is 42.7 Å². The van der Waals surface area contributed by atoms with E-state index in [1.54, 1.807) is 0 Å². The van der Waals surface area contributed by atoms with Crippen LogP contribution in [-0.4, -0.2) is 11.7 Å². The number of anilines is 2. The Labute approximate surface area is 107 Å². The molecule has 0 radical (unpaired) electrons. The standard InChI is InChI=1S/C15H17N3/c1-10(2)11(3)18-9-17-14-8-13-12(7-15(14)18)5-4-6-16-13/h4-8,10,17H,3,9H2,1-2H3. The van der Waals surface area contributed by atoms with Crippen LogP contribution in [-0.2, 0) is 0 Å². The average Bonchev–Trinajstić information content (AvgIpc) is 2.77. The molecule has 2 heterocycles. The zero-order chi connectivity index (χ0) is 12.7. The molecule has 1 aliphatic rings. The molecule has 3 nitrogen and oxygen atoms in total. The molecule has 0 atom stereocenters. The van der Waals surface area contributed by atoms with Crippen molar-refractivity contribution in [2.24, 2.45) is 5.92 Å². The lowest BCUT2D eigenvalue weighted by molar-refractivity contribution is 0.728. The van der Waals surface area contributed by atoms with Gasteiger partial charge < -0.3 is 10.2 Å². The van der Waals surface area contributed by atoms with Gasteiger partial charge >= 0.3 is 0 Å². The molecule has 18 heavy (non-hydrogen) atoms. The van der Waals surface area contributed by atoms with Crippen molar-refractivity contribution in [3.63, 3.8) is 0 Å². The third kappa shape index (κ3) is 1.63. The van der Waals surface area contributed by atoms with E-state index in [9.17, 15) is 0 Å². The Hall–Kier alpha value is -2.03. The summed E-state index contributed by atoms with van der Waals surface area (Å²) < 4.78 is 0. The summed E-state index contributed by atoms with van der Waals surface area (Å²) in [6.45, 7) is 9.32. The third-order valence-electron chi connectivity index (χ3n) is 3.45. The number of nitrogens with one attached hydrogen (secondary N) is 1. The Bertz CT molecular complexity index is 616. The largest absolute Gasteiger partial charge is 0.366 e. The summed E-state index contributed by atoms with van der Waals surface area (Å²) in [4.78, 5) is 6.63. The smallest absolute Gasteiger partial charge is 0.0923 e. The molecule has 1 aromatic heterocycles. The van der Waals surface area contributed by atoms with Gasteiger partial charge in [0.1, 0.15) is 0 Å². The molecule has 0 saturated carbocycles. The van der Waals surface area contributed by atoms with Gasteiger partial charge in [0, 0.05) is 17.3 Å². The second kappa shape index (κ2) is 4.02. The van der Waals surface area contributed by atoms with Gasteiger partial charge in [-0.25, -0.2) is 0 Å². The lowest BCUT2D eigenvalue weighted by Gasteiger charge is -2.23. The zero-order valence-corrected chi connectivity index (χ0v) is 10.8. The summed E-state index contributed by atoms with van der Waals surface area (Å²) in [6.07, 6.45) is 1.83. The van der Waals surface area contributed by atoms with Crippen molar-refractivity contribution in [1.29, 1.82) is 0 Å². The SMILES string of the molecule is C=C(C(C)C)N1CNc2cc3ncccc3cc21. The van der Waals surface area contributed by atoms with Crippen LogP contribution < -0.4 is 10.2 Å². The lowest BCUT2D eigenvalue weighted by Crippen LogP contribution is -2.24. The summed E-state index contributed by atoms with van der Waals surface area (Å²) in [5, 5.41) is 4.57. The Kier molecular flexibility index (Phi) is 2.47. The molecular weight excluding hydrogens is 222 g/mol. The number of pyridine rings is 1. The van der Waals surface area contributed by atoms with Crippen LogP contribution in [0.15, 0.2) is 42.7 Å². The lowest BCUT2D eigenvalue weighted by atomic mass is 10.1. The monoisotopic (exact) mass is 239 g/mol. The van der Waals surface area contributed by atoms with Crippen LogP contribution in [0.5, 0.6) is 0 Å². The molecule has 0 unspecified atom stereocenters. The molecule has 0 saturated heterocycles. The number of allylic oxidation sites excluding steroid dienone is 1. The molecule has 3 heteroatoms. The highest BCUT2D eigenvalue weighted by atomic mass is 15.3. The van der Waals surface area contributed by atoms with Gasteiger partial charge in [-0.3, -0.25) is 4.98 Å².